The van der Waals surface area contributed by atoms with Gasteiger partial charge < -0.3 is 16.0 Å². The van der Waals surface area contributed by atoms with Gasteiger partial charge in [0, 0.05) is 25.4 Å². The van der Waals surface area contributed by atoms with Gasteiger partial charge in [0.2, 0.25) is 5.91 Å². The molecular weight excluding hydrogens is 248 g/mol. The van der Waals surface area contributed by atoms with E-state index in [0.717, 1.165) is 30.8 Å². The van der Waals surface area contributed by atoms with Crippen molar-refractivity contribution in [1.29, 1.82) is 0 Å². The maximum Gasteiger partial charge on any atom is 0.242 e. The Bertz CT molecular complexity index is 477. The van der Waals surface area contributed by atoms with Gasteiger partial charge in [-0.15, -0.1) is 0 Å². The summed E-state index contributed by atoms with van der Waals surface area (Å²) >= 11 is 4.95. The Morgan fingerprint density at radius 2 is 2.44 bits per heavy atom. The van der Waals surface area contributed by atoms with E-state index in [9.17, 15) is 4.79 Å². The molecule has 3 N–H and O–H groups in total. The number of nitrogens with zero attached hydrogens (tertiary/aromatic N) is 2. The second kappa shape index (κ2) is 5.30. The smallest absolute Gasteiger partial charge is 0.242 e. The number of pyridine rings is 1. The second-order valence-corrected chi connectivity index (χ2v) is 4.67. The number of anilines is 1. The Kier molecular flexibility index (Phi) is 3.76. The molecule has 6 heteroatoms. The first kappa shape index (κ1) is 12.8. The van der Waals surface area contributed by atoms with Gasteiger partial charge >= 0.3 is 0 Å². The number of carbonyl (C=O) groups is 1. The summed E-state index contributed by atoms with van der Waals surface area (Å²) < 4.78 is 0. The Hall–Kier alpha value is -1.69. The lowest BCUT2D eigenvalue weighted by Crippen LogP contribution is -2.42. The Balaban J connectivity index is 2.27. The van der Waals surface area contributed by atoms with Gasteiger partial charge in [0.1, 0.15) is 16.8 Å². The number of nitrogens with one attached hydrogen (secondary N) is 1. The molecule has 1 aliphatic heterocycles. The molecule has 18 heavy (non-hydrogen) atoms. The molecule has 1 aliphatic rings. The third kappa shape index (κ3) is 2.43. The molecule has 0 aromatic carbocycles. The molecular formula is C12H16N4OS. The minimum atomic E-state index is -0.149. The molecule has 1 aromatic rings. The molecule has 0 radical (unpaired) electrons. The maximum atomic E-state index is 11.8. The monoisotopic (exact) mass is 264 g/mol. The van der Waals surface area contributed by atoms with Crippen molar-refractivity contribution in [3.63, 3.8) is 0 Å². The van der Waals surface area contributed by atoms with Crippen LogP contribution in [-0.2, 0) is 4.79 Å². The van der Waals surface area contributed by atoms with Crippen molar-refractivity contribution in [2.75, 3.05) is 18.5 Å². The molecule has 1 atom stereocenters. The molecule has 0 aliphatic carbocycles. The fourth-order valence-corrected chi connectivity index (χ4v) is 2.34. The van der Waals surface area contributed by atoms with Crippen LogP contribution in [0.3, 0.4) is 0 Å². The van der Waals surface area contributed by atoms with Crippen molar-refractivity contribution in [2.24, 2.45) is 5.73 Å². The summed E-state index contributed by atoms with van der Waals surface area (Å²) in [5, 5.41) is 2.69. The molecule has 0 saturated carbocycles. The topological polar surface area (TPSA) is 71.2 Å². The Morgan fingerprint density at radius 1 is 1.67 bits per heavy atom. The van der Waals surface area contributed by atoms with Crippen LogP contribution in [0.25, 0.3) is 0 Å². The number of nitrogens with two attached hydrogens (primary N) is 1. The highest BCUT2D eigenvalue weighted by molar-refractivity contribution is 7.80. The summed E-state index contributed by atoms with van der Waals surface area (Å²) in [7, 11) is 1.65. The van der Waals surface area contributed by atoms with E-state index in [4.69, 9.17) is 18.0 Å². The first-order valence-corrected chi connectivity index (χ1v) is 6.28. The standard InChI is InChI=1S/C12H16N4OS/c1-14-12(17)9-3-2-6-16(9)10-7-8(11(13)18)4-5-15-10/h4-5,7,9H,2-3,6H2,1H3,(H2,13,18)(H,14,17). The lowest BCUT2D eigenvalue weighted by molar-refractivity contribution is -0.121. The van der Waals surface area contributed by atoms with Gasteiger partial charge in [-0.1, -0.05) is 12.2 Å². The van der Waals surface area contributed by atoms with Crippen LogP contribution in [0.5, 0.6) is 0 Å². The second-order valence-electron chi connectivity index (χ2n) is 4.23. The van der Waals surface area contributed by atoms with Crippen molar-refractivity contribution < 1.29 is 4.79 Å². The molecule has 1 saturated heterocycles. The third-order valence-electron chi connectivity index (χ3n) is 3.13. The fourth-order valence-electron chi connectivity index (χ4n) is 2.21. The number of hydrogen-bond acceptors (Lipinski definition) is 4. The van der Waals surface area contributed by atoms with Crippen LogP contribution >= 0.6 is 12.2 Å². The summed E-state index contributed by atoms with van der Waals surface area (Å²) in [5.41, 5.74) is 6.38. The van der Waals surface area contributed by atoms with Gasteiger partial charge in [-0.2, -0.15) is 0 Å². The van der Waals surface area contributed by atoms with Gasteiger partial charge in [0.25, 0.3) is 0 Å². The maximum absolute atomic E-state index is 11.8. The quantitative estimate of drug-likeness (QED) is 0.775. The highest BCUT2D eigenvalue weighted by Crippen LogP contribution is 2.24. The van der Waals surface area contributed by atoms with E-state index in [-0.39, 0.29) is 11.9 Å². The molecule has 1 unspecified atom stereocenters. The highest BCUT2D eigenvalue weighted by atomic mass is 32.1. The average Bonchev–Trinajstić information content (AvgIpc) is 2.87. The van der Waals surface area contributed by atoms with Crippen LogP contribution in [0.15, 0.2) is 18.3 Å². The highest BCUT2D eigenvalue weighted by Gasteiger charge is 2.30. The molecule has 2 heterocycles. The van der Waals surface area contributed by atoms with Gasteiger partial charge in [-0.05, 0) is 25.0 Å². The van der Waals surface area contributed by atoms with E-state index < -0.39 is 0 Å². The number of aromatic nitrogens is 1. The summed E-state index contributed by atoms with van der Waals surface area (Å²) in [5.74, 6) is 0.779. The first-order valence-electron chi connectivity index (χ1n) is 5.87. The number of carbonyl (C=O) groups excluding carboxylic acids is 1. The molecule has 96 valence electrons. The van der Waals surface area contributed by atoms with Crippen LogP contribution < -0.4 is 16.0 Å². The van der Waals surface area contributed by atoms with Crippen molar-refractivity contribution in [3.05, 3.63) is 23.9 Å². The molecule has 1 amide bonds. The number of hydrogen-bond donors (Lipinski definition) is 2. The summed E-state index contributed by atoms with van der Waals surface area (Å²) in [6.45, 7) is 0.825. The zero-order chi connectivity index (χ0) is 13.1. The van der Waals surface area contributed by atoms with Crippen LogP contribution in [0.1, 0.15) is 18.4 Å². The van der Waals surface area contributed by atoms with Gasteiger partial charge in [-0.3, -0.25) is 4.79 Å². The molecule has 1 aromatic heterocycles. The minimum Gasteiger partial charge on any atom is -0.389 e. The van der Waals surface area contributed by atoms with E-state index in [1.807, 2.05) is 11.0 Å². The molecule has 5 nitrogen and oxygen atoms in total. The van der Waals surface area contributed by atoms with Gasteiger partial charge in [0.05, 0.1) is 0 Å². The van der Waals surface area contributed by atoms with Crippen molar-refractivity contribution >= 4 is 28.9 Å². The number of likely N-dealkylation sites (N-methyl/N-ethyl adjacent to an activating group) is 1. The third-order valence-corrected chi connectivity index (χ3v) is 3.36. The van der Waals surface area contributed by atoms with E-state index in [1.54, 1.807) is 19.3 Å². The fraction of sp³-hybridized carbons (Fsp3) is 0.417. The van der Waals surface area contributed by atoms with E-state index in [2.05, 4.69) is 10.3 Å². The van der Waals surface area contributed by atoms with Crippen molar-refractivity contribution in [3.8, 4) is 0 Å². The minimum absolute atomic E-state index is 0.0232. The van der Waals surface area contributed by atoms with E-state index in [0.29, 0.717) is 4.99 Å². The number of amides is 1. The van der Waals surface area contributed by atoms with Crippen LogP contribution in [0.2, 0.25) is 0 Å². The molecule has 0 spiro atoms. The van der Waals surface area contributed by atoms with Crippen LogP contribution in [0.4, 0.5) is 5.82 Å². The van der Waals surface area contributed by atoms with Crippen molar-refractivity contribution in [2.45, 2.75) is 18.9 Å². The predicted octanol–water partition coefficient (Wildman–Crippen LogP) is 0.431. The lowest BCUT2D eigenvalue weighted by atomic mass is 10.2. The van der Waals surface area contributed by atoms with E-state index >= 15 is 0 Å². The van der Waals surface area contributed by atoms with Crippen molar-refractivity contribution in [1.82, 2.24) is 10.3 Å². The predicted molar refractivity (Wildman–Crippen MR) is 74.6 cm³/mol. The largest absolute Gasteiger partial charge is 0.389 e. The normalized spacial score (nSPS) is 18.7. The summed E-state index contributed by atoms with van der Waals surface area (Å²) in [6, 6.07) is 3.46. The van der Waals surface area contributed by atoms with Gasteiger partial charge in [0.15, 0.2) is 0 Å². The SMILES string of the molecule is CNC(=O)C1CCCN1c1cc(C(N)=S)ccn1. The lowest BCUT2D eigenvalue weighted by Gasteiger charge is -2.24. The molecule has 1 fully saturated rings. The Labute approximate surface area is 111 Å². The molecule has 0 bridgehead atoms. The Morgan fingerprint density at radius 3 is 3.11 bits per heavy atom. The average molecular weight is 264 g/mol. The zero-order valence-electron chi connectivity index (χ0n) is 10.2. The number of rotatable bonds is 3. The first-order chi connectivity index (χ1) is 8.63. The van der Waals surface area contributed by atoms with Gasteiger partial charge in [-0.25, -0.2) is 4.98 Å². The zero-order valence-corrected chi connectivity index (χ0v) is 11.0. The summed E-state index contributed by atoms with van der Waals surface area (Å²) in [6.07, 6.45) is 3.50. The van der Waals surface area contributed by atoms with Crippen LogP contribution in [-0.4, -0.2) is 35.5 Å². The molecule has 2 rings (SSSR count). The van der Waals surface area contributed by atoms with E-state index in [1.165, 1.54) is 0 Å². The summed E-state index contributed by atoms with van der Waals surface area (Å²) in [4.78, 5) is 18.4. The van der Waals surface area contributed by atoms with Crippen LogP contribution in [0, 0.1) is 0 Å². The number of thiocarbonyl (C=S) groups is 1.